The molecule has 3 aromatic carbocycles. The molecule has 5 nitrogen and oxygen atoms in total. The molecule has 1 aliphatic carbocycles. The predicted molar refractivity (Wildman–Crippen MR) is 112 cm³/mol. The molecule has 33 heavy (non-hydrogen) atoms. The summed E-state index contributed by atoms with van der Waals surface area (Å²) in [7, 11) is 0. The number of amides is 1. The molecule has 5 rings (SSSR count). The molecule has 0 spiro atoms. The first-order valence-corrected chi connectivity index (χ1v) is 10.1. The molecule has 172 valence electrons. The summed E-state index contributed by atoms with van der Waals surface area (Å²) in [5, 5.41) is 12.2. The number of aromatic hydroxyl groups is 1. The average Bonchev–Trinajstić information content (AvgIpc) is 3.50. The molecule has 1 saturated carbocycles. The Kier molecular flexibility index (Phi) is 4.56. The van der Waals surface area contributed by atoms with Crippen molar-refractivity contribution in [2.45, 2.75) is 31.5 Å². The third kappa shape index (κ3) is 3.63. The zero-order valence-corrected chi connectivity index (χ0v) is 17.2. The van der Waals surface area contributed by atoms with Gasteiger partial charge in [-0.15, -0.1) is 8.78 Å². The standard InChI is InChI=1S/C24H17F4NO4.H2/c1-12-2-4-15(11-16(12)13-8-17(25)21(30)18(26)9-13)29-22(31)23(6-7-23)14-3-5-19-20(10-14)33-24(27,28)32-19;/h2-5,8-11,30H,6-7H2,1H3,(H,29,31);1H. The third-order valence-corrected chi connectivity index (χ3v) is 5.96. The SMILES string of the molecule is Cc1ccc(NC(=O)C2(c3ccc4c(c3)OC(F)(F)O4)CC2)cc1-c1cc(F)c(O)c(F)c1.[HH]. The number of carbonyl (C=O) groups excluding carboxylic acids is 1. The maximum absolute atomic E-state index is 13.8. The van der Waals surface area contributed by atoms with Crippen molar-refractivity contribution in [1.82, 2.24) is 0 Å². The van der Waals surface area contributed by atoms with Gasteiger partial charge < -0.3 is 19.9 Å². The number of aryl methyl sites for hydroxylation is 1. The average molecular weight is 461 g/mol. The summed E-state index contributed by atoms with van der Waals surface area (Å²) < 4.78 is 63.2. The van der Waals surface area contributed by atoms with Crippen molar-refractivity contribution in [3.8, 4) is 28.4 Å². The molecular formula is C24H19F4NO4. The summed E-state index contributed by atoms with van der Waals surface area (Å²) in [6.45, 7) is 1.74. The number of phenols is 1. The maximum atomic E-state index is 13.8. The second-order valence-electron chi connectivity index (χ2n) is 8.18. The van der Waals surface area contributed by atoms with E-state index < -0.39 is 29.1 Å². The highest BCUT2D eigenvalue weighted by Gasteiger charge is 2.52. The van der Waals surface area contributed by atoms with Gasteiger partial charge in [0.15, 0.2) is 28.9 Å². The van der Waals surface area contributed by atoms with E-state index in [9.17, 15) is 27.5 Å². The van der Waals surface area contributed by atoms with E-state index in [4.69, 9.17) is 0 Å². The highest BCUT2D eigenvalue weighted by atomic mass is 19.3. The molecule has 1 fully saturated rings. The fourth-order valence-corrected chi connectivity index (χ4v) is 4.00. The van der Waals surface area contributed by atoms with Gasteiger partial charge in [0.2, 0.25) is 5.91 Å². The van der Waals surface area contributed by atoms with Crippen LogP contribution in [0.1, 0.15) is 25.4 Å². The van der Waals surface area contributed by atoms with Gasteiger partial charge in [0.25, 0.3) is 0 Å². The van der Waals surface area contributed by atoms with E-state index in [1.54, 1.807) is 31.2 Å². The molecule has 2 N–H and O–H groups in total. The fraction of sp³-hybridized carbons (Fsp3) is 0.208. The molecule has 9 heteroatoms. The Morgan fingerprint density at radius 3 is 2.33 bits per heavy atom. The van der Waals surface area contributed by atoms with Crippen LogP contribution in [0.5, 0.6) is 17.2 Å². The second kappa shape index (κ2) is 7.13. The van der Waals surface area contributed by atoms with Gasteiger partial charge >= 0.3 is 6.29 Å². The molecule has 0 atom stereocenters. The summed E-state index contributed by atoms with van der Waals surface area (Å²) >= 11 is 0. The van der Waals surface area contributed by atoms with E-state index in [0.29, 0.717) is 35.2 Å². The molecule has 2 aliphatic rings. The molecule has 0 unspecified atom stereocenters. The van der Waals surface area contributed by atoms with Crippen LogP contribution in [0.25, 0.3) is 11.1 Å². The van der Waals surface area contributed by atoms with Gasteiger partial charge in [0.05, 0.1) is 5.41 Å². The van der Waals surface area contributed by atoms with Crippen molar-refractivity contribution < 1.29 is 38.4 Å². The minimum Gasteiger partial charge on any atom is -0.503 e. The first-order valence-electron chi connectivity index (χ1n) is 10.1. The zero-order valence-electron chi connectivity index (χ0n) is 17.2. The predicted octanol–water partition coefficient (Wildman–Crippen LogP) is 5.88. The highest BCUT2D eigenvalue weighted by molar-refractivity contribution is 6.02. The number of halogens is 4. The smallest absolute Gasteiger partial charge is 0.503 e. The van der Waals surface area contributed by atoms with Crippen molar-refractivity contribution in [2.24, 2.45) is 0 Å². The Hall–Kier alpha value is -3.75. The molecule has 3 aromatic rings. The number of ether oxygens (including phenoxy) is 2. The Morgan fingerprint density at radius 2 is 1.67 bits per heavy atom. The van der Waals surface area contributed by atoms with Crippen molar-refractivity contribution in [1.29, 1.82) is 0 Å². The van der Waals surface area contributed by atoms with E-state index in [0.717, 1.165) is 12.1 Å². The van der Waals surface area contributed by atoms with E-state index in [-0.39, 0.29) is 24.4 Å². The molecular weight excluding hydrogens is 442 g/mol. The summed E-state index contributed by atoms with van der Waals surface area (Å²) in [6, 6.07) is 11.2. The van der Waals surface area contributed by atoms with Crippen molar-refractivity contribution in [2.75, 3.05) is 5.32 Å². The number of carbonyl (C=O) groups is 1. The molecule has 1 heterocycles. The lowest BCUT2D eigenvalue weighted by atomic mass is 9.94. The fourth-order valence-electron chi connectivity index (χ4n) is 4.00. The Balaban J connectivity index is 0.00000274. The summed E-state index contributed by atoms with van der Waals surface area (Å²) in [5.74, 6) is -3.82. The lowest BCUT2D eigenvalue weighted by Gasteiger charge is -2.17. The second-order valence-corrected chi connectivity index (χ2v) is 8.18. The number of anilines is 1. The molecule has 0 saturated heterocycles. The number of rotatable bonds is 4. The van der Waals surface area contributed by atoms with Crippen LogP contribution in [0, 0.1) is 18.6 Å². The maximum Gasteiger partial charge on any atom is 0.586 e. The minimum absolute atomic E-state index is 0. The number of hydrogen-bond acceptors (Lipinski definition) is 4. The number of fused-ring (bicyclic) bond motifs is 1. The van der Waals surface area contributed by atoms with Crippen LogP contribution in [0.4, 0.5) is 23.2 Å². The molecule has 0 aromatic heterocycles. The van der Waals surface area contributed by atoms with Crippen LogP contribution in [-0.2, 0) is 10.2 Å². The van der Waals surface area contributed by atoms with E-state index in [1.165, 1.54) is 12.1 Å². The number of phenolic OH excluding ortho intramolecular Hbond substituents is 1. The molecule has 0 radical (unpaired) electrons. The van der Waals surface area contributed by atoms with Crippen LogP contribution in [0.15, 0.2) is 48.5 Å². The van der Waals surface area contributed by atoms with Gasteiger partial charge in [0.1, 0.15) is 0 Å². The van der Waals surface area contributed by atoms with Crippen molar-refractivity contribution in [3.63, 3.8) is 0 Å². The summed E-state index contributed by atoms with van der Waals surface area (Å²) in [5.41, 5.74) is 1.39. The quantitative estimate of drug-likeness (QED) is 0.476. The van der Waals surface area contributed by atoms with Crippen LogP contribution < -0.4 is 14.8 Å². The Labute approximate surface area is 187 Å². The van der Waals surface area contributed by atoms with Gasteiger partial charge in [0, 0.05) is 7.11 Å². The largest absolute Gasteiger partial charge is 0.586 e. The lowest BCUT2D eigenvalue weighted by molar-refractivity contribution is -0.286. The lowest BCUT2D eigenvalue weighted by Crippen LogP contribution is -2.28. The molecule has 1 aliphatic heterocycles. The van der Waals surface area contributed by atoms with Crippen LogP contribution in [0.3, 0.4) is 0 Å². The first kappa shape index (κ1) is 21.1. The Morgan fingerprint density at radius 1 is 1.00 bits per heavy atom. The van der Waals surface area contributed by atoms with E-state index in [2.05, 4.69) is 14.8 Å². The number of benzene rings is 3. The van der Waals surface area contributed by atoms with Gasteiger partial charge in [-0.3, -0.25) is 4.79 Å². The first-order chi connectivity index (χ1) is 15.6. The van der Waals surface area contributed by atoms with Crippen LogP contribution >= 0.6 is 0 Å². The normalized spacial score (nSPS) is 17.0. The van der Waals surface area contributed by atoms with Gasteiger partial charge in [-0.25, -0.2) is 8.78 Å². The zero-order chi connectivity index (χ0) is 23.5. The Bertz CT molecular complexity index is 1290. The third-order valence-electron chi connectivity index (χ3n) is 5.96. The van der Waals surface area contributed by atoms with E-state index >= 15 is 0 Å². The van der Waals surface area contributed by atoms with Crippen molar-refractivity contribution in [3.05, 3.63) is 71.3 Å². The number of nitrogens with one attached hydrogen (secondary N) is 1. The van der Waals surface area contributed by atoms with Crippen molar-refractivity contribution >= 4 is 11.6 Å². The number of alkyl halides is 2. The van der Waals surface area contributed by atoms with Gasteiger partial charge in [-0.1, -0.05) is 12.1 Å². The van der Waals surface area contributed by atoms with Gasteiger partial charge in [-0.05, 0) is 78.4 Å². The monoisotopic (exact) mass is 461 g/mol. The minimum atomic E-state index is -3.74. The summed E-state index contributed by atoms with van der Waals surface area (Å²) in [6.07, 6.45) is -2.71. The van der Waals surface area contributed by atoms with Crippen LogP contribution in [0.2, 0.25) is 0 Å². The number of hydrogen-bond donors (Lipinski definition) is 2. The molecule has 1 amide bonds. The van der Waals surface area contributed by atoms with Gasteiger partial charge in [-0.2, -0.15) is 0 Å². The van der Waals surface area contributed by atoms with Crippen LogP contribution in [-0.4, -0.2) is 17.3 Å². The highest BCUT2D eigenvalue weighted by Crippen LogP contribution is 2.52. The topological polar surface area (TPSA) is 67.8 Å². The summed E-state index contributed by atoms with van der Waals surface area (Å²) in [4.78, 5) is 13.1. The molecule has 0 bridgehead atoms. The van der Waals surface area contributed by atoms with E-state index in [1.807, 2.05) is 0 Å².